The van der Waals surface area contributed by atoms with Gasteiger partial charge in [-0.05, 0) is 48.4 Å². The highest BCUT2D eigenvalue weighted by Crippen LogP contribution is 2.36. The highest BCUT2D eigenvalue weighted by Gasteiger charge is 2.11. The van der Waals surface area contributed by atoms with E-state index in [9.17, 15) is 4.79 Å². The number of benzene rings is 2. The van der Waals surface area contributed by atoms with Gasteiger partial charge in [0.2, 0.25) is 5.91 Å². The molecular formula is C19H19Cl2NO3. The van der Waals surface area contributed by atoms with Gasteiger partial charge in [0, 0.05) is 11.1 Å². The molecule has 0 aliphatic carbocycles. The zero-order valence-electron chi connectivity index (χ0n) is 14.2. The number of carbonyl (C=O) groups is 1. The molecule has 0 unspecified atom stereocenters. The van der Waals surface area contributed by atoms with E-state index in [1.54, 1.807) is 24.3 Å². The van der Waals surface area contributed by atoms with Crippen LogP contribution < -0.4 is 14.8 Å². The van der Waals surface area contributed by atoms with E-state index in [1.165, 1.54) is 20.3 Å². The first-order chi connectivity index (χ1) is 11.9. The van der Waals surface area contributed by atoms with Crippen molar-refractivity contribution in [3.8, 4) is 11.5 Å². The molecule has 0 aliphatic heterocycles. The van der Waals surface area contributed by atoms with E-state index in [0.29, 0.717) is 21.5 Å². The summed E-state index contributed by atoms with van der Waals surface area (Å²) in [7, 11) is 3.05. The van der Waals surface area contributed by atoms with Crippen LogP contribution in [0.15, 0.2) is 42.5 Å². The second kappa shape index (κ2) is 8.79. The average molecular weight is 380 g/mol. The third-order valence-corrected chi connectivity index (χ3v) is 4.11. The minimum Gasteiger partial charge on any atom is -0.493 e. The Hall–Kier alpha value is -2.17. The van der Waals surface area contributed by atoms with E-state index in [2.05, 4.69) is 5.32 Å². The number of methoxy groups -OCH3 is 2. The Morgan fingerprint density at radius 2 is 1.92 bits per heavy atom. The maximum absolute atomic E-state index is 12.1. The molecule has 2 aromatic rings. The highest BCUT2D eigenvalue weighted by atomic mass is 35.5. The fourth-order valence-electron chi connectivity index (χ4n) is 2.33. The van der Waals surface area contributed by atoms with Crippen LogP contribution in [-0.2, 0) is 4.79 Å². The highest BCUT2D eigenvalue weighted by molar-refractivity contribution is 6.32. The van der Waals surface area contributed by atoms with Crippen LogP contribution in [0, 0.1) is 0 Å². The fourth-order valence-corrected chi connectivity index (χ4v) is 2.82. The molecule has 0 fully saturated rings. The zero-order valence-corrected chi connectivity index (χ0v) is 15.7. The van der Waals surface area contributed by atoms with Crippen molar-refractivity contribution in [2.75, 3.05) is 14.2 Å². The van der Waals surface area contributed by atoms with Gasteiger partial charge >= 0.3 is 0 Å². The number of carbonyl (C=O) groups excluding carboxylic acids is 1. The molecule has 1 N–H and O–H groups in total. The van der Waals surface area contributed by atoms with Crippen LogP contribution in [0.25, 0.3) is 6.08 Å². The molecule has 4 nitrogen and oxygen atoms in total. The first-order valence-electron chi connectivity index (χ1n) is 7.60. The van der Waals surface area contributed by atoms with Gasteiger partial charge in [0.15, 0.2) is 11.5 Å². The van der Waals surface area contributed by atoms with Gasteiger partial charge in [0.1, 0.15) is 0 Å². The van der Waals surface area contributed by atoms with Crippen LogP contribution in [0.3, 0.4) is 0 Å². The van der Waals surface area contributed by atoms with Gasteiger partial charge in [-0.25, -0.2) is 0 Å². The van der Waals surface area contributed by atoms with Crippen molar-refractivity contribution in [2.45, 2.75) is 13.0 Å². The minimum atomic E-state index is -0.224. The third kappa shape index (κ3) is 5.15. The van der Waals surface area contributed by atoms with Gasteiger partial charge < -0.3 is 14.8 Å². The van der Waals surface area contributed by atoms with Crippen molar-refractivity contribution < 1.29 is 14.3 Å². The molecule has 0 spiro atoms. The summed E-state index contributed by atoms with van der Waals surface area (Å²) in [6.45, 7) is 1.89. The summed E-state index contributed by atoms with van der Waals surface area (Å²) in [5.74, 6) is 0.737. The van der Waals surface area contributed by atoms with E-state index < -0.39 is 0 Å². The van der Waals surface area contributed by atoms with Crippen LogP contribution in [0.1, 0.15) is 24.1 Å². The van der Waals surface area contributed by atoms with Crippen molar-refractivity contribution in [1.29, 1.82) is 0 Å². The summed E-state index contributed by atoms with van der Waals surface area (Å²) >= 11 is 12.1. The van der Waals surface area contributed by atoms with Gasteiger partial charge in [-0.1, -0.05) is 35.3 Å². The quantitative estimate of drug-likeness (QED) is 0.725. The van der Waals surface area contributed by atoms with Crippen molar-refractivity contribution in [3.05, 3.63) is 63.6 Å². The number of hydrogen-bond donors (Lipinski definition) is 1. The maximum Gasteiger partial charge on any atom is 0.244 e. The van der Waals surface area contributed by atoms with Crippen LogP contribution in [0.4, 0.5) is 0 Å². The van der Waals surface area contributed by atoms with E-state index >= 15 is 0 Å². The van der Waals surface area contributed by atoms with Crippen molar-refractivity contribution >= 4 is 35.2 Å². The summed E-state index contributed by atoms with van der Waals surface area (Å²) in [5.41, 5.74) is 1.66. The predicted octanol–water partition coefficient (Wildman–Crippen LogP) is 4.90. The Kier molecular flexibility index (Phi) is 6.73. The van der Waals surface area contributed by atoms with Crippen molar-refractivity contribution in [1.82, 2.24) is 5.32 Å². The summed E-state index contributed by atoms with van der Waals surface area (Å²) in [6, 6.07) is 10.7. The number of ether oxygens (including phenoxy) is 2. The van der Waals surface area contributed by atoms with Crippen molar-refractivity contribution in [3.63, 3.8) is 0 Å². The lowest BCUT2D eigenvalue weighted by Gasteiger charge is -2.13. The molecule has 1 atom stereocenters. The SMILES string of the molecule is COc1cc(/C=C/C(=O)N[C@@H](C)c2cccc(Cl)c2)cc(Cl)c1OC. The van der Waals surface area contributed by atoms with Gasteiger partial charge in [-0.2, -0.15) is 0 Å². The number of hydrogen-bond acceptors (Lipinski definition) is 3. The van der Waals surface area contributed by atoms with Gasteiger partial charge in [0.05, 0.1) is 25.3 Å². The lowest BCUT2D eigenvalue weighted by molar-refractivity contribution is -0.117. The first-order valence-corrected chi connectivity index (χ1v) is 8.35. The summed E-state index contributed by atoms with van der Waals surface area (Å²) < 4.78 is 10.4. The Labute approximate surface area is 157 Å². The first kappa shape index (κ1) is 19.2. The second-order valence-electron chi connectivity index (χ2n) is 5.36. The Morgan fingerprint density at radius 1 is 1.16 bits per heavy atom. The van der Waals surface area contributed by atoms with E-state index in [4.69, 9.17) is 32.7 Å². The molecule has 0 aromatic heterocycles. The molecule has 0 radical (unpaired) electrons. The van der Waals surface area contributed by atoms with E-state index in [1.807, 2.05) is 25.1 Å². The number of amides is 1. The molecule has 132 valence electrons. The molecule has 6 heteroatoms. The number of halogens is 2. The third-order valence-electron chi connectivity index (χ3n) is 3.59. The molecule has 2 rings (SSSR count). The van der Waals surface area contributed by atoms with E-state index in [-0.39, 0.29) is 11.9 Å². The molecule has 0 heterocycles. The fraction of sp³-hybridized carbons (Fsp3) is 0.211. The predicted molar refractivity (Wildman–Crippen MR) is 102 cm³/mol. The molecule has 0 bridgehead atoms. The monoisotopic (exact) mass is 379 g/mol. The molecule has 25 heavy (non-hydrogen) atoms. The summed E-state index contributed by atoms with van der Waals surface area (Å²) in [6.07, 6.45) is 3.10. The van der Waals surface area contributed by atoms with Crippen LogP contribution in [-0.4, -0.2) is 20.1 Å². The van der Waals surface area contributed by atoms with Crippen LogP contribution in [0.5, 0.6) is 11.5 Å². The normalized spacial score (nSPS) is 12.0. The Morgan fingerprint density at radius 3 is 2.56 bits per heavy atom. The van der Waals surface area contributed by atoms with Gasteiger partial charge in [-0.3, -0.25) is 4.79 Å². The Balaban J connectivity index is 2.08. The topological polar surface area (TPSA) is 47.6 Å². The molecule has 0 saturated carbocycles. The molecule has 1 amide bonds. The van der Waals surface area contributed by atoms with Crippen LogP contribution >= 0.6 is 23.2 Å². The minimum absolute atomic E-state index is 0.162. The largest absolute Gasteiger partial charge is 0.493 e. The van der Waals surface area contributed by atoms with Crippen molar-refractivity contribution in [2.24, 2.45) is 0 Å². The lowest BCUT2D eigenvalue weighted by Crippen LogP contribution is -2.24. The zero-order chi connectivity index (χ0) is 18.4. The smallest absolute Gasteiger partial charge is 0.244 e. The standard InChI is InChI=1S/C19H19Cl2NO3/c1-12(14-5-4-6-15(20)11-14)22-18(23)8-7-13-9-16(21)19(25-3)17(10-13)24-2/h4-12H,1-3H3,(H,22,23)/b8-7+/t12-/m0/s1. The van der Waals surface area contributed by atoms with E-state index in [0.717, 1.165) is 11.1 Å². The second-order valence-corrected chi connectivity index (χ2v) is 6.20. The summed E-state index contributed by atoms with van der Waals surface area (Å²) in [5, 5.41) is 3.93. The number of rotatable bonds is 6. The van der Waals surface area contributed by atoms with Gasteiger partial charge in [0.25, 0.3) is 0 Å². The molecule has 2 aromatic carbocycles. The van der Waals surface area contributed by atoms with Gasteiger partial charge in [-0.15, -0.1) is 0 Å². The average Bonchev–Trinajstić information content (AvgIpc) is 2.59. The molecular weight excluding hydrogens is 361 g/mol. The Bertz CT molecular complexity index is 790. The molecule has 0 aliphatic rings. The molecule has 0 saturated heterocycles. The maximum atomic E-state index is 12.1. The lowest BCUT2D eigenvalue weighted by atomic mass is 10.1. The number of nitrogens with one attached hydrogen (secondary N) is 1. The van der Waals surface area contributed by atoms with Crippen LogP contribution in [0.2, 0.25) is 10.0 Å². The summed E-state index contributed by atoms with van der Waals surface area (Å²) in [4.78, 5) is 12.1.